The number of hydrogen-bond donors (Lipinski definition) is 2. The van der Waals surface area contributed by atoms with Gasteiger partial charge in [-0.2, -0.15) is 11.8 Å². The maximum absolute atomic E-state index is 12.2. The van der Waals surface area contributed by atoms with Gasteiger partial charge in [-0.3, -0.25) is 4.79 Å². The third kappa shape index (κ3) is 2.68. The zero-order chi connectivity index (χ0) is 14.9. The first-order valence-electron chi connectivity index (χ1n) is 6.24. The highest BCUT2D eigenvalue weighted by Gasteiger charge is 2.43. The molecule has 0 radical (unpaired) electrons. The lowest BCUT2D eigenvalue weighted by atomic mass is 9.99. The number of thioether (sulfide) groups is 1. The summed E-state index contributed by atoms with van der Waals surface area (Å²) >= 11 is 2.80. The molecular formula is C13H12N2O4S2. The first-order chi connectivity index (χ1) is 10.1. The quantitative estimate of drug-likeness (QED) is 0.894. The second kappa shape index (κ2) is 5.53. The van der Waals surface area contributed by atoms with E-state index in [1.165, 1.54) is 29.4 Å². The van der Waals surface area contributed by atoms with Gasteiger partial charge in [-0.15, -0.1) is 11.3 Å². The number of aromatic nitrogens is 1. The second-order valence-electron chi connectivity index (χ2n) is 4.66. The zero-order valence-electron chi connectivity index (χ0n) is 10.9. The van der Waals surface area contributed by atoms with Crippen LogP contribution in [0.3, 0.4) is 0 Å². The van der Waals surface area contributed by atoms with Crippen molar-refractivity contribution < 1.29 is 19.1 Å². The van der Waals surface area contributed by atoms with Gasteiger partial charge < -0.3 is 14.8 Å². The second-order valence-corrected chi connectivity index (χ2v) is 6.62. The number of hydrogen-bond acceptors (Lipinski definition) is 6. The van der Waals surface area contributed by atoms with E-state index in [-0.39, 0.29) is 5.69 Å². The molecule has 21 heavy (non-hydrogen) atoms. The molecule has 2 aromatic heterocycles. The lowest BCUT2D eigenvalue weighted by molar-refractivity contribution is -0.143. The van der Waals surface area contributed by atoms with Crippen molar-refractivity contribution in [3.63, 3.8) is 0 Å². The lowest BCUT2D eigenvalue weighted by Crippen LogP contribution is -2.54. The highest BCUT2D eigenvalue weighted by atomic mass is 32.2. The Hall–Kier alpha value is -1.80. The molecule has 1 amide bonds. The number of carbonyl (C=O) groups excluding carboxylic acids is 1. The summed E-state index contributed by atoms with van der Waals surface area (Å²) in [4.78, 5) is 27.8. The number of carboxylic acid groups (broad SMARTS) is 1. The number of thiazole rings is 1. The van der Waals surface area contributed by atoms with E-state index in [1.54, 1.807) is 17.5 Å². The number of carboxylic acids is 1. The summed E-state index contributed by atoms with van der Waals surface area (Å²) in [6.45, 7) is 0. The normalized spacial score (nSPS) is 21.3. The predicted octanol–water partition coefficient (Wildman–Crippen LogP) is 2.09. The van der Waals surface area contributed by atoms with Crippen LogP contribution in [0.15, 0.2) is 28.2 Å². The van der Waals surface area contributed by atoms with Crippen molar-refractivity contribution in [3.05, 3.63) is 29.5 Å². The van der Waals surface area contributed by atoms with E-state index in [1.807, 2.05) is 0 Å². The number of nitrogens with one attached hydrogen (secondary N) is 1. The van der Waals surface area contributed by atoms with Crippen molar-refractivity contribution >= 4 is 35.0 Å². The topological polar surface area (TPSA) is 92.4 Å². The third-order valence-electron chi connectivity index (χ3n) is 3.25. The first-order valence-corrected chi connectivity index (χ1v) is 8.27. The monoisotopic (exact) mass is 324 g/mol. The number of nitrogens with zero attached hydrogens (tertiary/aromatic N) is 1. The van der Waals surface area contributed by atoms with Gasteiger partial charge in [0.2, 0.25) is 0 Å². The molecular weight excluding hydrogens is 312 g/mol. The molecule has 0 aliphatic carbocycles. The van der Waals surface area contributed by atoms with E-state index >= 15 is 0 Å². The van der Waals surface area contributed by atoms with Crippen molar-refractivity contribution in [2.45, 2.75) is 12.0 Å². The van der Waals surface area contributed by atoms with Gasteiger partial charge >= 0.3 is 5.97 Å². The van der Waals surface area contributed by atoms with E-state index in [0.29, 0.717) is 22.9 Å². The van der Waals surface area contributed by atoms with Gasteiger partial charge in [-0.25, -0.2) is 9.78 Å². The Morgan fingerprint density at radius 3 is 2.95 bits per heavy atom. The molecule has 1 unspecified atom stereocenters. The molecule has 3 rings (SSSR count). The van der Waals surface area contributed by atoms with Crippen molar-refractivity contribution in [3.8, 4) is 10.8 Å². The summed E-state index contributed by atoms with van der Waals surface area (Å²) < 4.78 is 5.22. The molecule has 3 heterocycles. The SMILES string of the molecule is O=C(NC1(C(=O)O)CCSC1)c1csc(-c2ccco2)n1. The molecule has 6 nitrogen and oxygen atoms in total. The van der Waals surface area contributed by atoms with Gasteiger partial charge in [-0.1, -0.05) is 0 Å². The van der Waals surface area contributed by atoms with Crippen LogP contribution in [0.2, 0.25) is 0 Å². The predicted molar refractivity (Wildman–Crippen MR) is 79.6 cm³/mol. The molecule has 1 aliphatic rings. The molecule has 2 aromatic rings. The Morgan fingerprint density at radius 2 is 2.33 bits per heavy atom. The van der Waals surface area contributed by atoms with E-state index < -0.39 is 17.4 Å². The Kier molecular flexibility index (Phi) is 3.73. The van der Waals surface area contributed by atoms with Gasteiger partial charge in [0, 0.05) is 11.1 Å². The van der Waals surface area contributed by atoms with E-state index in [9.17, 15) is 14.7 Å². The molecule has 0 aromatic carbocycles. The van der Waals surface area contributed by atoms with E-state index in [0.717, 1.165) is 5.75 Å². The van der Waals surface area contributed by atoms with Crippen LogP contribution in [0.25, 0.3) is 10.8 Å². The number of furan rings is 1. The average molecular weight is 324 g/mol. The van der Waals surface area contributed by atoms with Gasteiger partial charge in [-0.05, 0) is 24.3 Å². The maximum atomic E-state index is 12.2. The summed E-state index contributed by atoms with van der Waals surface area (Å²) in [5.74, 6) is 0.226. The Balaban J connectivity index is 1.78. The highest BCUT2D eigenvalue weighted by Crippen LogP contribution is 2.29. The minimum atomic E-state index is -1.18. The molecule has 1 atom stereocenters. The van der Waals surface area contributed by atoms with Crippen LogP contribution in [0.1, 0.15) is 16.9 Å². The van der Waals surface area contributed by atoms with Crippen molar-refractivity contribution in [2.75, 3.05) is 11.5 Å². The molecule has 1 fully saturated rings. The number of carbonyl (C=O) groups is 2. The van der Waals surface area contributed by atoms with Crippen LogP contribution in [-0.2, 0) is 4.79 Å². The van der Waals surface area contributed by atoms with Crippen molar-refractivity contribution in [1.29, 1.82) is 0 Å². The minimum Gasteiger partial charge on any atom is -0.479 e. The summed E-state index contributed by atoms with van der Waals surface area (Å²) in [5, 5.41) is 14.2. The van der Waals surface area contributed by atoms with Crippen LogP contribution >= 0.6 is 23.1 Å². The molecule has 0 spiro atoms. The van der Waals surface area contributed by atoms with E-state index in [2.05, 4.69) is 10.3 Å². The van der Waals surface area contributed by atoms with Gasteiger partial charge in [0.05, 0.1) is 6.26 Å². The smallest absolute Gasteiger partial charge is 0.330 e. The van der Waals surface area contributed by atoms with Crippen molar-refractivity contribution in [1.82, 2.24) is 10.3 Å². The van der Waals surface area contributed by atoms with Crippen LogP contribution in [0, 0.1) is 0 Å². The fourth-order valence-corrected chi connectivity index (χ4v) is 4.15. The van der Waals surface area contributed by atoms with E-state index in [4.69, 9.17) is 4.42 Å². The standard InChI is InChI=1S/C13H12N2O4S2/c16-10(15-13(12(17)18)3-5-20-7-13)8-6-21-11(14-8)9-2-1-4-19-9/h1-2,4,6H,3,5,7H2,(H,15,16)(H,17,18). The number of aliphatic carboxylic acids is 1. The molecule has 0 saturated carbocycles. The largest absolute Gasteiger partial charge is 0.479 e. The number of rotatable bonds is 4. The fourth-order valence-electron chi connectivity index (χ4n) is 2.06. The molecule has 0 bridgehead atoms. The van der Waals surface area contributed by atoms with Crippen molar-refractivity contribution in [2.24, 2.45) is 0 Å². The Labute approximate surface area is 128 Å². The molecule has 2 N–H and O–H groups in total. The summed E-state index contributed by atoms with van der Waals surface area (Å²) in [5.41, 5.74) is -0.972. The Morgan fingerprint density at radius 1 is 1.48 bits per heavy atom. The van der Waals surface area contributed by atoms with Crippen LogP contribution in [0.5, 0.6) is 0 Å². The summed E-state index contributed by atoms with van der Waals surface area (Å²) in [6.07, 6.45) is 1.96. The third-order valence-corrected chi connectivity index (χ3v) is 5.30. The summed E-state index contributed by atoms with van der Waals surface area (Å²) in [6, 6.07) is 3.50. The fraction of sp³-hybridized carbons (Fsp3) is 0.308. The summed E-state index contributed by atoms with van der Waals surface area (Å²) in [7, 11) is 0. The van der Waals surface area contributed by atoms with Gasteiger partial charge in [0.25, 0.3) is 5.91 Å². The first kappa shape index (κ1) is 14.2. The van der Waals surface area contributed by atoms with Gasteiger partial charge in [0.15, 0.2) is 10.8 Å². The lowest BCUT2D eigenvalue weighted by Gasteiger charge is -2.23. The minimum absolute atomic E-state index is 0.212. The van der Waals surface area contributed by atoms with Crippen LogP contribution in [0.4, 0.5) is 0 Å². The maximum Gasteiger partial charge on any atom is 0.330 e. The molecule has 8 heteroatoms. The van der Waals surface area contributed by atoms with Crippen LogP contribution < -0.4 is 5.32 Å². The number of amides is 1. The zero-order valence-corrected chi connectivity index (χ0v) is 12.5. The molecule has 110 valence electrons. The average Bonchev–Trinajstić information content (AvgIpc) is 3.20. The highest BCUT2D eigenvalue weighted by molar-refractivity contribution is 7.99. The molecule has 1 saturated heterocycles. The Bertz CT molecular complexity index is 660. The van der Waals surface area contributed by atoms with Crippen LogP contribution in [-0.4, -0.2) is 39.0 Å². The van der Waals surface area contributed by atoms with Gasteiger partial charge in [0.1, 0.15) is 11.2 Å². The molecule has 1 aliphatic heterocycles.